The zero-order chi connectivity index (χ0) is 15.3. The number of benzene rings is 1. The molecule has 3 nitrogen and oxygen atoms in total. The Kier molecular flexibility index (Phi) is 5.40. The van der Waals surface area contributed by atoms with Crippen molar-refractivity contribution < 1.29 is 9.90 Å². The molecule has 1 aromatic carbocycles. The van der Waals surface area contributed by atoms with Crippen LogP contribution in [0.1, 0.15) is 57.9 Å². The Morgan fingerprint density at radius 1 is 1.43 bits per heavy atom. The second-order valence-corrected chi connectivity index (χ2v) is 6.57. The lowest BCUT2D eigenvalue weighted by molar-refractivity contribution is -0.139. The summed E-state index contributed by atoms with van der Waals surface area (Å²) in [4.78, 5) is 11.4. The van der Waals surface area contributed by atoms with Gasteiger partial charge in [-0.15, -0.1) is 0 Å². The summed E-state index contributed by atoms with van der Waals surface area (Å²) in [5.74, 6) is -0.711. The Morgan fingerprint density at radius 3 is 2.76 bits per heavy atom. The van der Waals surface area contributed by atoms with Gasteiger partial charge in [0.05, 0.1) is 0 Å². The van der Waals surface area contributed by atoms with E-state index in [1.54, 1.807) is 0 Å². The first-order chi connectivity index (χ1) is 10.0. The van der Waals surface area contributed by atoms with Gasteiger partial charge < -0.3 is 10.4 Å². The van der Waals surface area contributed by atoms with Gasteiger partial charge in [0.2, 0.25) is 0 Å². The van der Waals surface area contributed by atoms with Crippen LogP contribution in [0.25, 0.3) is 0 Å². The summed E-state index contributed by atoms with van der Waals surface area (Å²) in [7, 11) is 0. The third kappa shape index (κ3) is 4.07. The van der Waals surface area contributed by atoms with Gasteiger partial charge >= 0.3 is 5.97 Å². The van der Waals surface area contributed by atoms with E-state index in [9.17, 15) is 9.90 Å². The van der Waals surface area contributed by atoms with Crippen LogP contribution in [0.3, 0.4) is 0 Å². The molecule has 0 aromatic heterocycles. The molecular weight excluding hydrogens is 262 g/mol. The Balaban J connectivity index is 1.96. The maximum atomic E-state index is 11.4. The molecule has 3 atom stereocenters. The molecule has 2 N–H and O–H groups in total. The van der Waals surface area contributed by atoms with Gasteiger partial charge in [-0.2, -0.15) is 0 Å². The largest absolute Gasteiger partial charge is 0.480 e. The average Bonchev–Trinajstić information content (AvgIpc) is 2.87. The van der Waals surface area contributed by atoms with Crippen molar-refractivity contribution in [2.24, 2.45) is 0 Å². The van der Waals surface area contributed by atoms with Gasteiger partial charge in [-0.25, -0.2) is 0 Å². The van der Waals surface area contributed by atoms with E-state index in [1.165, 1.54) is 5.56 Å². The van der Waals surface area contributed by atoms with Crippen LogP contribution in [-0.2, 0) is 10.2 Å². The molecule has 0 spiro atoms. The van der Waals surface area contributed by atoms with Crippen molar-refractivity contribution in [1.29, 1.82) is 0 Å². The van der Waals surface area contributed by atoms with Crippen LogP contribution in [0.4, 0.5) is 0 Å². The molecule has 1 aromatic rings. The fraction of sp³-hybridized carbons (Fsp3) is 0.611. The van der Waals surface area contributed by atoms with Crippen molar-refractivity contribution in [2.45, 2.75) is 69.9 Å². The van der Waals surface area contributed by atoms with Crippen LogP contribution < -0.4 is 5.32 Å². The normalized spacial score (nSPS) is 26.7. The molecule has 3 unspecified atom stereocenters. The lowest BCUT2D eigenvalue weighted by Gasteiger charge is -2.26. The maximum absolute atomic E-state index is 11.4. The minimum absolute atomic E-state index is 0.173. The third-order valence-electron chi connectivity index (χ3n) is 4.79. The number of rotatable bonds is 7. The lowest BCUT2D eigenvalue weighted by atomic mass is 9.81. The van der Waals surface area contributed by atoms with E-state index in [4.69, 9.17) is 0 Å². The molecule has 2 rings (SSSR count). The summed E-state index contributed by atoms with van der Waals surface area (Å²) >= 11 is 0. The quantitative estimate of drug-likeness (QED) is 0.804. The number of hydrogen-bond acceptors (Lipinski definition) is 2. The standard InChI is InChI=1S/C18H27NO2/c1-3-4-10-16(17(20)21)19-15-11-12-18(2,13-15)14-8-6-5-7-9-14/h5-9,15-16,19H,3-4,10-13H2,1-2H3,(H,20,21). The predicted octanol–water partition coefficient (Wildman–Crippen LogP) is 3.73. The molecule has 0 heterocycles. The van der Waals surface area contributed by atoms with Crippen molar-refractivity contribution in [3.63, 3.8) is 0 Å². The fourth-order valence-corrected chi connectivity index (χ4v) is 3.46. The molecule has 1 aliphatic rings. The van der Waals surface area contributed by atoms with E-state index in [0.717, 1.165) is 38.5 Å². The third-order valence-corrected chi connectivity index (χ3v) is 4.79. The van der Waals surface area contributed by atoms with E-state index in [1.807, 2.05) is 6.07 Å². The molecular formula is C18H27NO2. The Bertz CT molecular complexity index is 460. The molecule has 21 heavy (non-hydrogen) atoms. The van der Waals surface area contributed by atoms with Crippen molar-refractivity contribution >= 4 is 5.97 Å². The lowest BCUT2D eigenvalue weighted by Crippen LogP contribution is -2.42. The summed E-state index contributed by atoms with van der Waals surface area (Å²) < 4.78 is 0. The summed E-state index contributed by atoms with van der Waals surface area (Å²) in [5, 5.41) is 12.7. The molecule has 0 aliphatic heterocycles. The summed E-state index contributed by atoms with van der Waals surface area (Å²) in [5.41, 5.74) is 1.54. The number of carbonyl (C=O) groups is 1. The Labute approximate surface area is 127 Å². The van der Waals surface area contributed by atoms with Crippen molar-refractivity contribution in [3.8, 4) is 0 Å². The van der Waals surface area contributed by atoms with Crippen molar-refractivity contribution in [1.82, 2.24) is 5.32 Å². The minimum Gasteiger partial charge on any atom is -0.480 e. The second-order valence-electron chi connectivity index (χ2n) is 6.57. The number of nitrogens with one attached hydrogen (secondary N) is 1. The molecule has 0 radical (unpaired) electrons. The first kappa shape index (κ1) is 16.0. The molecule has 0 bridgehead atoms. The fourth-order valence-electron chi connectivity index (χ4n) is 3.46. The zero-order valence-electron chi connectivity index (χ0n) is 13.1. The van der Waals surface area contributed by atoms with Crippen LogP contribution >= 0.6 is 0 Å². The van der Waals surface area contributed by atoms with Crippen LogP contribution in [0.5, 0.6) is 0 Å². The molecule has 1 aliphatic carbocycles. The highest BCUT2D eigenvalue weighted by Crippen LogP contribution is 2.40. The maximum Gasteiger partial charge on any atom is 0.320 e. The highest BCUT2D eigenvalue weighted by atomic mass is 16.4. The zero-order valence-corrected chi connectivity index (χ0v) is 13.1. The van der Waals surface area contributed by atoms with E-state index in [-0.39, 0.29) is 5.41 Å². The van der Waals surface area contributed by atoms with Gasteiger partial charge in [0.25, 0.3) is 0 Å². The van der Waals surface area contributed by atoms with Gasteiger partial charge in [0.1, 0.15) is 6.04 Å². The number of carboxylic acids is 1. The highest BCUT2D eigenvalue weighted by molar-refractivity contribution is 5.73. The van der Waals surface area contributed by atoms with E-state index in [0.29, 0.717) is 6.04 Å². The topological polar surface area (TPSA) is 49.3 Å². The van der Waals surface area contributed by atoms with E-state index >= 15 is 0 Å². The van der Waals surface area contributed by atoms with Gasteiger partial charge in [-0.3, -0.25) is 4.79 Å². The molecule has 0 amide bonds. The number of hydrogen-bond donors (Lipinski definition) is 2. The minimum atomic E-state index is -0.711. The van der Waals surface area contributed by atoms with Gasteiger partial charge in [-0.1, -0.05) is 57.0 Å². The number of aliphatic carboxylic acids is 1. The molecule has 0 saturated heterocycles. The van der Waals surface area contributed by atoms with Gasteiger partial charge in [0.15, 0.2) is 0 Å². The molecule has 1 fully saturated rings. The highest BCUT2D eigenvalue weighted by Gasteiger charge is 2.37. The van der Waals surface area contributed by atoms with Gasteiger partial charge in [-0.05, 0) is 36.7 Å². The first-order valence-electron chi connectivity index (χ1n) is 8.09. The number of unbranched alkanes of at least 4 members (excludes halogenated alkanes) is 1. The average molecular weight is 289 g/mol. The van der Waals surface area contributed by atoms with Crippen LogP contribution in [0.2, 0.25) is 0 Å². The van der Waals surface area contributed by atoms with Gasteiger partial charge in [0, 0.05) is 6.04 Å². The van der Waals surface area contributed by atoms with Crippen LogP contribution in [-0.4, -0.2) is 23.2 Å². The van der Waals surface area contributed by atoms with E-state index in [2.05, 4.69) is 43.4 Å². The SMILES string of the molecule is CCCCC(NC1CCC(C)(c2ccccc2)C1)C(=O)O. The smallest absolute Gasteiger partial charge is 0.320 e. The first-order valence-corrected chi connectivity index (χ1v) is 8.09. The summed E-state index contributed by atoms with van der Waals surface area (Å²) in [6.07, 6.45) is 5.93. The van der Waals surface area contributed by atoms with Crippen LogP contribution in [0.15, 0.2) is 30.3 Å². The second kappa shape index (κ2) is 7.08. The predicted molar refractivity (Wildman–Crippen MR) is 85.5 cm³/mol. The monoisotopic (exact) mass is 289 g/mol. The Hall–Kier alpha value is -1.35. The number of carboxylic acid groups (broad SMARTS) is 1. The van der Waals surface area contributed by atoms with Crippen molar-refractivity contribution in [2.75, 3.05) is 0 Å². The molecule has 116 valence electrons. The summed E-state index contributed by atoms with van der Waals surface area (Å²) in [6, 6.07) is 10.5. The van der Waals surface area contributed by atoms with Crippen LogP contribution in [0, 0.1) is 0 Å². The Morgan fingerprint density at radius 2 is 2.14 bits per heavy atom. The molecule has 1 saturated carbocycles. The van der Waals surface area contributed by atoms with E-state index < -0.39 is 12.0 Å². The van der Waals surface area contributed by atoms with Crippen molar-refractivity contribution in [3.05, 3.63) is 35.9 Å². The summed E-state index contributed by atoms with van der Waals surface area (Å²) in [6.45, 7) is 4.40. The molecule has 3 heteroatoms.